The Morgan fingerprint density at radius 1 is 1.28 bits per heavy atom. The molecule has 0 bridgehead atoms. The number of aliphatic hydroxyl groups excluding tert-OH is 2. The average molecular weight is 484 g/mol. The van der Waals surface area contributed by atoms with Crippen LogP contribution in [-0.2, 0) is 14.8 Å². The summed E-state index contributed by atoms with van der Waals surface area (Å²) in [5.74, 6) is 0. The predicted octanol–water partition coefficient (Wildman–Crippen LogP) is 0.411. The Balaban J connectivity index is 1.60. The summed E-state index contributed by atoms with van der Waals surface area (Å²) < 4.78 is 34.6. The number of benzene rings is 1. The first-order chi connectivity index (χ1) is 15.1. The summed E-state index contributed by atoms with van der Waals surface area (Å²) in [6.45, 7) is 3.28. The lowest BCUT2D eigenvalue weighted by Crippen LogP contribution is -2.42. The third kappa shape index (κ3) is 3.83. The lowest BCUT2D eigenvalue weighted by molar-refractivity contribution is -0.0384. The molecule has 13 heteroatoms. The van der Waals surface area contributed by atoms with Gasteiger partial charge in [-0.3, -0.25) is 9.36 Å². The Kier molecular flexibility index (Phi) is 6.09. The van der Waals surface area contributed by atoms with Crippen molar-refractivity contribution in [3.05, 3.63) is 51.8 Å². The molecule has 1 aromatic carbocycles. The minimum atomic E-state index is -3.91. The van der Waals surface area contributed by atoms with Crippen molar-refractivity contribution < 1.29 is 23.4 Å². The monoisotopic (exact) mass is 483 g/mol. The lowest BCUT2D eigenvalue weighted by atomic mass is 10.1. The summed E-state index contributed by atoms with van der Waals surface area (Å²) >= 11 is 6.01. The highest BCUT2D eigenvalue weighted by Crippen LogP contribution is 2.32. The van der Waals surface area contributed by atoms with Gasteiger partial charge in [0.15, 0.2) is 17.4 Å². The number of H-pyrrole nitrogens is 1. The number of aromatic nitrogens is 4. The molecule has 0 amide bonds. The highest BCUT2D eigenvalue weighted by Gasteiger charge is 2.46. The molecule has 0 saturated carbocycles. The van der Waals surface area contributed by atoms with E-state index in [0.29, 0.717) is 10.6 Å². The van der Waals surface area contributed by atoms with Crippen molar-refractivity contribution in [1.82, 2.24) is 23.8 Å². The van der Waals surface area contributed by atoms with Gasteiger partial charge in [-0.15, -0.1) is 0 Å². The zero-order valence-corrected chi connectivity index (χ0v) is 18.8. The number of fused-ring (bicyclic) bond motifs is 1. The molecule has 172 valence electrons. The van der Waals surface area contributed by atoms with Crippen LogP contribution < -0.4 is 5.56 Å². The lowest BCUT2D eigenvalue weighted by Gasteiger charge is -2.25. The van der Waals surface area contributed by atoms with Gasteiger partial charge >= 0.3 is 0 Å². The maximum atomic E-state index is 13.1. The summed E-state index contributed by atoms with van der Waals surface area (Å²) in [5, 5.41) is 21.6. The van der Waals surface area contributed by atoms with Crippen molar-refractivity contribution >= 4 is 32.8 Å². The van der Waals surface area contributed by atoms with E-state index in [1.54, 1.807) is 13.8 Å². The topological polar surface area (TPSA) is 151 Å². The van der Waals surface area contributed by atoms with Crippen molar-refractivity contribution in [2.24, 2.45) is 0 Å². The van der Waals surface area contributed by atoms with E-state index in [1.165, 1.54) is 35.4 Å². The second kappa shape index (κ2) is 8.54. The van der Waals surface area contributed by atoms with Crippen molar-refractivity contribution in [1.29, 1.82) is 0 Å². The first-order valence-electron chi connectivity index (χ1n) is 9.83. The highest BCUT2D eigenvalue weighted by molar-refractivity contribution is 7.89. The van der Waals surface area contributed by atoms with Crippen molar-refractivity contribution in [2.45, 2.75) is 43.3 Å². The minimum Gasteiger partial charge on any atom is -0.387 e. The van der Waals surface area contributed by atoms with Crippen LogP contribution in [0.2, 0.25) is 5.02 Å². The molecule has 2 aromatic heterocycles. The van der Waals surface area contributed by atoms with Crippen molar-refractivity contribution in [2.75, 3.05) is 13.1 Å². The number of hydrogen-bond acceptors (Lipinski definition) is 8. The summed E-state index contributed by atoms with van der Waals surface area (Å²) in [4.78, 5) is 22.4. The van der Waals surface area contributed by atoms with Crippen LogP contribution in [0.15, 0.2) is 40.5 Å². The number of halogens is 1. The SMILES string of the molecule is CCN(C[C@H]1O[C@@H](n2cnc3c(=O)[nH]cnc32)[C@H](O)[C@@H]1O)S(=O)(=O)c1ccc(Cl)c(C)c1. The number of sulfonamides is 1. The molecular formula is C19H22ClN5O6S. The van der Waals surface area contributed by atoms with Crippen LogP contribution in [0.3, 0.4) is 0 Å². The number of hydrogen-bond donors (Lipinski definition) is 3. The van der Waals surface area contributed by atoms with Crippen molar-refractivity contribution in [3.63, 3.8) is 0 Å². The summed E-state index contributed by atoms with van der Waals surface area (Å²) in [7, 11) is -3.91. The van der Waals surface area contributed by atoms with Gasteiger partial charge in [-0.05, 0) is 30.7 Å². The summed E-state index contributed by atoms with van der Waals surface area (Å²) in [5.41, 5.74) is 0.380. The number of aromatic amines is 1. The van der Waals surface area contributed by atoms with Gasteiger partial charge in [-0.25, -0.2) is 18.4 Å². The van der Waals surface area contributed by atoms with Crippen LogP contribution in [-0.4, -0.2) is 73.9 Å². The number of ether oxygens (including phenoxy) is 1. The molecule has 4 atom stereocenters. The second-order valence-corrected chi connectivity index (χ2v) is 9.81. The number of nitrogens with one attached hydrogen (secondary N) is 1. The van der Waals surface area contributed by atoms with E-state index in [9.17, 15) is 23.4 Å². The number of nitrogens with zero attached hydrogens (tertiary/aromatic N) is 4. The van der Waals surface area contributed by atoms with Crippen LogP contribution in [0, 0.1) is 6.92 Å². The maximum Gasteiger partial charge on any atom is 0.278 e. The highest BCUT2D eigenvalue weighted by atomic mass is 35.5. The molecule has 32 heavy (non-hydrogen) atoms. The fourth-order valence-electron chi connectivity index (χ4n) is 3.68. The third-order valence-electron chi connectivity index (χ3n) is 5.48. The van der Waals surface area contributed by atoms with Gasteiger partial charge in [-0.2, -0.15) is 4.31 Å². The molecule has 1 aliphatic heterocycles. The van der Waals surface area contributed by atoms with Gasteiger partial charge in [0, 0.05) is 18.1 Å². The maximum absolute atomic E-state index is 13.1. The molecule has 1 fully saturated rings. The molecular weight excluding hydrogens is 462 g/mol. The Morgan fingerprint density at radius 3 is 2.72 bits per heavy atom. The third-order valence-corrected chi connectivity index (χ3v) is 7.84. The van der Waals surface area contributed by atoms with Gasteiger partial charge in [0.25, 0.3) is 5.56 Å². The fourth-order valence-corrected chi connectivity index (χ4v) is 5.35. The zero-order valence-electron chi connectivity index (χ0n) is 17.2. The Labute approximate surface area is 188 Å². The fraction of sp³-hybridized carbons (Fsp3) is 0.421. The van der Waals surface area contributed by atoms with Crippen LogP contribution in [0.4, 0.5) is 0 Å². The van der Waals surface area contributed by atoms with Gasteiger partial charge < -0.3 is 19.9 Å². The Hall–Kier alpha value is -2.35. The van der Waals surface area contributed by atoms with E-state index in [2.05, 4.69) is 15.0 Å². The van der Waals surface area contributed by atoms with E-state index >= 15 is 0 Å². The molecule has 3 N–H and O–H groups in total. The number of likely N-dealkylation sites (N-methyl/N-ethyl adjacent to an activating group) is 1. The summed E-state index contributed by atoms with van der Waals surface area (Å²) in [6, 6.07) is 4.40. The van der Waals surface area contributed by atoms with E-state index in [1.807, 2.05) is 0 Å². The number of aryl methyl sites for hydroxylation is 1. The van der Waals surface area contributed by atoms with E-state index in [0.717, 1.165) is 4.31 Å². The van der Waals surface area contributed by atoms with Crippen molar-refractivity contribution in [3.8, 4) is 0 Å². The van der Waals surface area contributed by atoms with E-state index in [-0.39, 0.29) is 29.1 Å². The molecule has 0 unspecified atom stereocenters. The zero-order chi connectivity index (χ0) is 23.2. The van der Waals surface area contributed by atoms with Gasteiger partial charge in [-0.1, -0.05) is 18.5 Å². The van der Waals surface area contributed by atoms with Gasteiger partial charge in [0.05, 0.1) is 17.6 Å². The predicted molar refractivity (Wildman–Crippen MR) is 115 cm³/mol. The molecule has 1 saturated heterocycles. The normalized spacial score (nSPS) is 23.9. The average Bonchev–Trinajstić information content (AvgIpc) is 3.30. The number of imidazole rings is 1. The molecule has 3 heterocycles. The second-order valence-electron chi connectivity index (χ2n) is 7.47. The standard InChI is InChI=1S/C19H22ClN5O6S/c1-3-24(32(29,30)11-4-5-12(20)10(2)6-11)7-13-15(26)16(27)19(31-13)25-9-23-14-17(25)21-8-22-18(14)28/h4-6,8-9,13,15-16,19,26-27H,3,7H2,1-2H3,(H,21,22,28)/t13-,15-,16-,19-/m1/s1. The molecule has 0 aliphatic carbocycles. The summed E-state index contributed by atoms with van der Waals surface area (Å²) in [6.07, 6.45) is -2.43. The molecule has 11 nitrogen and oxygen atoms in total. The van der Waals surface area contributed by atoms with Crippen LogP contribution in [0.1, 0.15) is 18.7 Å². The largest absolute Gasteiger partial charge is 0.387 e. The smallest absolute Gasteiger partial charge is 0.278 e. The Morgan fingerprint density at radius 2 is 2.03 bits per heavy atom. The number of rotatable bonds is 6. The van der Waals surface area contributed by atoms with Crippen LogP contribution in [0.25, 0.3) is 11.2 Å². The first kappa shape index (κ1) is 22.8. The quantitative estimate of drug-likeness (QED) is 0.456. The molecule has 0 spiro atoms. The molecule has 1 aliphatic rings. The van der Waals surface area contributed by atoms with Crippen LogP contribution >= 0.6 is 11.6 Å². The molecule has 3 aromatic rings. The minimum absolute atomic E-state index is 0.0529. The van der Waals surface area contributed by atoms with Gasteiger partial charge in [0.1, 0.15) is 18.3 Å². The molecule has 4 rings (SSSR count). The molecule has 0 radical (unpaired) electrons. The van der Waals surface area contributed by atoms with Crippen LogP contribution in [0.5, 0.6) is 0 Å². The van der Waals surface area contributed by atoms with Gasteiger partial charge in [0.2, 0.25) is 10.0 Å². The van der Waals surface area contributed by atoms with E-state index in [4.69, 9.17) is 16.3 Å². The van der Waals surface area contributed by atoms with E-state index < -0.39 is 40.1 Å². The first-order valence-corrected chi connectivity index (χ1v) is 11.6. The number of aliphatic hydroxyl groups is 2. The Bertz CT molecular complexity index is 1310.